The monoisotopic (exact) mass is 387 g/mol. The summed E-state index contributed by atoms with van der Waals surface area (Å²) in [6, 6.07) is 15.4. The van der Waals surface area contributed by atoms with E-state index in [1.54, 1.807) is 0 Å². The van der Waals surface area contributed by atoms with Gasteiger partial charge in [0.25, 0.3) is 5.91 Å². The molecule has 0 radical (unpaired) electrons. The van der Waals surface area contributed by atoms with Crippen molar-refractivity contribution in [1.29, 1.82) is 0 Å². The van der Waals surface area contributed by atoms with E-state index >= 15 is 0 Å². The third-order valence-electron chi connectivity index (χ3n) is 4.85. The first-order valence-corrected chi connectivity index (χ1v) is 9.56. The molecule has 3 rings (SSSR count). The first-order chi connectivity index (χ1) is 13.1. The Morgan fingerprint density at radius 3 is 2.44 bits per heavy atom. The van der Waals surface area contributed by atoms with Crippen LogP contribution in [-0.2, 0) is 4.74 Å². The zero-order chi connectivity index (χ0) is 19.2. The van der Waals surface area contributed by atoms with Gasteiger partial charge in [0.1, 0.15) is 0 Å². The van der Waals surface area contributed by atoms with Gasteiger partial charge in [0, 0.05) is 50.0 Å². The van der Waals surface area contributed by atoms with Crippen LogP contribution in [0.4, 0.5) is 5.69 Å². The van der Waals surface area contributed by atoms with Gasteiger partial charge in [0.2, 0.25) is 0 Å². The lowest BCUT2D eigenvalue weighted by Crippen LogP contribution is -2.44. The van der Waals surface area contributed by atoms with Crippen LogP contribution in [0.15, 0.2) is 48.5 Å². The van der Waals surface area contributed by atoms with Crippen molar-refractivity contribution in [2.45, 2.75) is 6.04 Å². The highest BCUT2D eigenvalue weighted by Gasteiger charge is 2.25. The Bertz CT molecular complexity index is 758. The molecule has 144 valence electrons. The van der Waals surface area contributed by atoms with Gasteiger partial charge in [-0.3, -0.25) is 9.69 Å². The van der Waals surface area contributed by atoms with Gasteiger partial charge in [0.05, 0.1) is 19.3 Å². The molecule has 1 atom stereocenters. The normalized spacial score (nSPS) is 16.0. The predicted octanol–water partition coefficient (Wildman–Crippen LogP) is 3.21. The van der Waals surface area contributed by atoms with Gasteiger partial charge in [-0.2, -0.15) is 0 Å². The minimum absolute atomic E-state index is 0.0209. The molecule has 0 bridgehead atoms. The summed E-state index contributed by atoms with van der Waals surface area (Å²) >= 11 is 6.44. The number of amides is 1. The van der Waals surface area contributed by atoms with E-state index in [1.165, 1.54) is 0 Å². The molecule has 1 amide bonds. The number of carbonyl (C=O) groups is 1. The van der Waals surface area contributed by atoms with Gasteiger partial charge in [-0.1, -0.05) is 29.8 Å². The molecule has 1 unspecified atom stereocenters. The van der Waals surface area contributed by atoms with Crippen molar-refractivity contribution in [3.8, 4) is 0 Å². The van der Waals surface area contributed by atoms with Crippen LogP contribution in [0, 0.1) is 0 Å². The summed E-state index contributed by atoms with van der Waals surface area (Å²) in [7, 11) is 3.96. The minimum Gasteiger partial charge on any atom is -0.379 e. The van der Waals surface area contributed by atoms with Gasteiger partial charge < -0.3 is 15.0 Å². The van der Waals surface area contributed by atoms with Crippen molar-refractivity contribution in [2.24, 2.45) is 0 Å². The topological polar surface area (TPSA) is 44.8 Å². The Morgan fingerprint density at radius 1 is 1.15 bits per heavy atom. The number of carbonyl (C=O) groups excluding carboxylic acids is 1. The van der Waals surface area contributed by atoms with Gasteiger partial charge in [0.15, 0.2) is 0 Å². The molecule has 0 spiro atoms. The zero-order valence-electron chi connectivity index (χ0n) is 15.8. The van der Waals surface area contributed by atoms with Gasteiger partial charge in [-0.15, -0.1) is 0 Å². The molecule has 1 heterocycles. The standard InChI is InChI=1S/C21H26ClN3O2/c1-24(2)17-9-7-16(8-10-17)21(26)23-15-20(25-11-13-27-14-12-25)18-5-3-4-6-19(18)22/h3-10,20H,11-15H2,1-2H3,(H,23,26). The number of rotatable bonds is 6. The fraction of sp³-hybridized carbons (Fsp3) is 0.381. The molecule has 1 aliphatic rings. The lowest BCUT2D eigenvalue weighted by molar-refractivity contribution is 0.0162. The van der Waals surface area contributed by atoms with Crippen LogP contribution in [0.5, 0.6) is 0 Å². The third kappa shape index (κ3) is 5.01. The van der Waals surface area contributed by atoms with Crippen LogP contribution < -0.4 is 10.2 Å². The summed E-state index contributed by atoms with van der Waals surface area (Å²) in [5, 5.41) is 3.80. The highest BCUT2D eigenvalue weighted by molar-refractivity contribution is 6.31. The van der Waals surface area contributed by atoms with E-state index < -0.39 is 0 Å². The molecule has 0 saturated carbocycles. The van der Waals surface area contributed by atoms with Crippen molar-refractivity contribution in [2.75, 3.05) is 51.8 Å². The Labute approximate surface area is 165 Å². The van der Waals surface area contributed by atoms with E-state index in [-0.39, 0.29) is 11.9 Å². The molecular weight excluding hydrogens is 362 g/mol. The molecule has 1 fully saturated rings. The number of halogens is 1. The third-order valence-corrected chi connectivity index (χ3v) is 5.20. The fourth-order valence-electron chi connectivity index (χ4n) is 3.27. The smallest absolute Gasteiger partial charge is 0.251 e. The summed E-state index contributed by atoms with van der Waals surface area (Å²) in [4.78, 5) is 17.0. The number of ether oxygens (including phenoxy) is 1. The summed E-state index contributed by atoms with van der Waals surface area (Å²) < 4.78 is 5.48. The van der Waals surface area contributed by atoms with Crippen LogP contribution in [0.25, 0.3) is 0 Å². The SMILES string of the molecule is CN(C)c1ccc(C(=O)NCC(c2ccccc2Cl)N2CCOCC2)cc1. The van der Waals surface area contributed by atoms with Crippen LogP contribution in [-0.4, -0.2) is 57.8 Å². The molecule has 1 saturated heterocycles. The Balaban J connectivity index is 1.72. The van der Waals surface area contributed by atoms with Crippen LogP contribution >= 0.6 is 11.6 Å². The van der Waals surface area contributed by atoms with E-state index in [0.717, 1.165) is 29.4 Å². The molecule has 0 aliphatic carbocycles. The molecule has 1 N–H and O–H groups in total. The molecule has 2 aromatic rings. The van der Waals surface area contributed by atoms with Crippen molar-refractivity contribution in [3.05, 3.63) is 64.7 Å². The van der Waals surface area contributed by atoms with Crippen LogP contribution in [0.3, 0.4) is 0 Å². The number of benzene rings is 2. The predicted molar refractivity (Wildman–Crippen MR) is 110 cm³/mol. The molecule has 5 nitrogen and oxygen atoms in total. The van der Waals surface area contributed by atoms with Crippen molar-refractivity contribution >= 4 is 23.2 Å². The molecule has 6 heteroatoms. The van der Waals surface area contributed by atoms with Gasteiger partial charge in [-0.05, 0) is 35.9 Å². The van der Waals surface area contributed by atoms with Crippen LogP contribution in [0.2, 0.25) is 5.02 Å². The van der Waals surface area contributed by atoms with Crippen molar-refractivity contribution < 1.29 is 9.53 Å². The van der Waals surface area contributed by atoms with Crippen LogP contribution in [0.1, 0.15) is 22.0 Å². The summed E-state index contributed by atoms with van der Waals surface area (Å²) in [6.07, 6.45) is 0. The molecular formula is C21H26ClN3O2. The quantitative estimate of drug-likeness (QED) is 0.826. The molecule has 27 heavy (non-hydrogen) atoms. The van der Waals surface area contributed by atoms with E-state index in [0.29, 0.717) is 25.3 Å². The average Bonchev–Trinajstić information content (AvgIpc) is 2.70. The van der Waals surface area contributed by atoms with Gasteiger partial charge >= 0.3 is 0 Å². The lowest BCUT2D eigenvalue weighted by atomic mass is 10.0. The second-order valence-electron chi connectivity index (χ2n) is 6.84. The van der Waals surface area contributed by atoms with E-state index in [1.807, 2.05) is 67.5 Å². The summed E-state index contributed by atoms with van der Waals surface area (Å²) in [5.74, 6) is -0.0781. The van der Waals surface area contributed by atoms with Gasteiger partial charge in [-0.25, -0.2) is 0 Å². The number of hydrogen-bond donors (Lipinski definition) is 1. The number of nitrogens with one attached hydrogen (secondary N) is 1. The van der Waals surface area contributed by atoms with Crippen molar-refractivity contribution in [1.82, 2.24) is 10.2 Å². The maximum atomic E-state index is 12.6. The fourth-order valence-corrected chi connectivity index (χ4v) is 3.53. The molecule has 1 aliphatic heterocycles. The van der Waals surface area contributed by atoms with E-state index in [2.05, 4.69) is 10.2 Å². The number of hydrogen-bond acceptors (Lipinski definition) is 4. The first kappa shape index (κ1) is 19.7. The largest absolute Gasteiger partial charge is 0.379 e. The van der Waals surface area contributed by atoms with Crippen molar-refractivity contribution in [3.63, 3.8) is 0 Å². The summed E-state index contributed by atoms with van der Waals surface area (Å²) in [6.45, 7) is 3.53. The summed E-state index contributed by atoms with van der Waals surface area (Å²) in [5.41, 5.74) is 2.75. The highest BCUT2D eigenvalue weighted by atomic mass is 35.5. The number of morpholine rings is 1. The Morgan fingerprint density at radius 2 is 1.81 bits per heavy atom. The lowest BCUT2D eigenvalue weighted by Gasteiger charge is -2.35. The Hall–Kier alpha value is -2.08. The maximum Gasteiger partial charge on any atom is 0.251 e. The van der Waals surface area contributed by atoms with E-state index in [4.69, 9.17) is 16.3 Å². The number of anilines is 1. The second kappa shape index (κ2) is 9.22. The van der Waals surface area contributed by atoms with E-state index in [9.17, 15) is 4.79 Å². The average molecular weight is 388 g/mol. The molecule has 0 aromatic heterocycles. The number of nitrogens with zero attached hydrogens (tertiary/aromatic N) is 2. The maximum absolute atomic E-state index is 12.6. The first-order valence-electron chi connectivity index (χ1n) is 9.18. The second-order valence-corrected chi connectivity index (χ2v) is 7.24. The Kier molecular flexibility index (Phi) is 6.72. The minimum atomic E-state index is -0.0781. The zero-order valence-corrected chi connectivity index (χ0v) is 16.6. The highest BCUT2D eigenvalue weighted by Crippen LogP contribution is 2.28. The molecule has 2 aromatic carbocycles.